The van der Waals surface area contributed by atoms with E-state index in [-0.39, 0.29) is 23.6 Å². The number of rotatable bonds is 3. The number of ketones is 1. The maximum atomic E-state index is 12.2. The van der Waals surface area contributed by atoms with E-state index in [1.54, 1.807) is 48.2 Å². The highest BCUT2D eigenvalue weighted by Crippen LogP contribution is 2.20. The molecule has 1 aromatic carbocycles. The van der Waals surface area contributed by atoms with Crippen LogP contribution < -0.4 is 5.32 Å². The first-order valence-electron chi connectivity index (χ1n) is 7.76. The van der Waals surface area contributed by atoms with Crippen molar-refractivity contribution in [3.8, 4) is 0 Å². The number of piperidine rings is 1. The lowest BCUT2D eigenvalue weighted by Gasteiger charge is -2.32. The number of urea groups is 1. The molecular weight excluding hydrogens is 294 g/mol. The zero-order valence-corrected chi connectivity index (χ0v) is 13.8. The van der Waals surface area contributed by atoms with Gasteiger partial charge in [-0.3, -0.25) is 9.59 Å². The third kappa shape index (κ3) is 4.31. The quantitative estimate of drug-likeness (QED) is 0.869. The number of amides is 3. The Hall–Kier alpha value is -2.37. The fraction of sp³-hybridized carbons (Fsp3) is 0.471. The van der Waals surface area contributed by atoms with Gasteiger partial charge in [-0.25, -0.2) is 4.79 Å². The van der Waals surface area contributed by atoms with Gasteiger partial charge in [0, 0.05) is 44.4 Å². The molecule has 3 amide bonds. The van der Waals surface area contributed by atoms with E-state index >= 15 is 0 Å². The summed E-state index contributed by atoms with van der Waals surface area (Å²) >= 11 is 0. The Morgan fingerprint density at radius 3 is 2.13 bits per heavy atom. The molecule has 1 aromatic rings. The monoisotopic (exact) mass is 317 g/mol. The van der Waals surface area contributed by atoms with Crippen LogP contribution in [0.4, 0.5) is 10.5 Å². The second kappa shape index (κ2) is 7.26. The molecular formula is C17H23N3O3. The number of nitrogens with one attached hydrogen (secondary N) is 1. The first-order chi connectivity index (χ1) is 10.9. The van der Waals surface area contributed by atoms with Crippen LogP contribution in [0.15, 0.2) is 24.3 Å². The highest BCUT2D eigenvalue weighted by Gasteiger charge is 2.28. The van der Waals surface area contributed by atoms with E-state index in [1.807, 2.05) is 0 Å². The van der Waals surface area contributed by atoms with Gasteiger partial charge in [0.25, 0.3) is 0 Å². The minimum atomic E-state index is -0.170. The number of hydrogen-bond acceptors (Lipinski definition) is 3. The summed E-state index contributed by atoms with van der Waals surface area (Å²) in [4.78, 5) is 38.7. The molecule has 0 bridgehead atoms. The van der Waals surface area contributed by atoms with Gasteiger partial charge in [0.1, 0.15) is 0 Å². The summed E-state index contributed by atoms with van der Waals surface area (Å²) in [6, 6.07) is 6.66. The van der Waals surface area contributed by atoms with Gasteiger partial charge in [0.15, 0.2) is 5.78 Å². The molecule has 124 valence electrons. The van der Waals surface area contributed by atoms with Crippen LogP contribution in [0.25, 0.3) is 0 Å². The van der Waals surface area contributed by atoms with Gasteiger partial charge in [0.2, 0.25) is 5.91 Å². The summed E-state index contributed by atoms with van der Waals surface area (Å²) in [5.74, 6) is 0.129. The number of carbonyl (C=O) groups excluding carboxylic acids is 3. The molecule has 0 radical (unpaired) electrons. The number of likely N-dealkylation sites (tertiary alicyclic amines) is 1. The van der Waals surface area contributed by atoms with E-state index in [4.69, 9.17) is 0 Å². The molecule has 1 aliphatic rings. The molecule has 1 fully saturated rings. The fourth-order valence-corrected chi connectivity index (χ4v) is 2.69. The van der Waals surface area contributed by atoms with Gasteiger partial charge >= 0.3 is 6.03 Å². The normalized spacial score (nSPS) is 15.2. The molecule has 0 atom stereocenters. The third-order valence-electron chi connectivity index (χ3n) is 4.11. The maximum absolute atomic E-state index is 12.2. The highest BCUT2D eigenvalue weighted by molar-refractivity contribution is 5.95. The van der Waals surface area contributed by atoms with Gasteiger partial charge in [0.05, 0.1) is 0 Å². The lowest BCUT2D eigenvalue weighted by Crippen LogP contribution is -2.44. The van der Waals surface area contributed by atoms with E-state index in [1.165, 1.54) is 6.92 Å². The zero-order valence-electron chi connectivity index (χ0n) is 13.8. The highest BCUT2D eigenvalue weighted by atomic mass is 16.2. The molecule has 2 rings (SSSR count). The minimum absolute atomic E-state index is 0.00361. The second-order valence-electron chi connectivity index (χ2n) is 6.06. The summed E-state index contributed by atoms with van der Waals surface area (Å²) in [7, 11) is 3.51. The summed E-state index contributed by atoms with van der Waals surface area (Å²) in [6.45, 7) is 2.65. The smallest absolute Gasteiger partial charge is 0.321 e. The van der Waals surface area contributed by atoms with Crippen LogP contribution >= 0.6 is 0 Å². The van der Waals surface area contributed by atoms with Crippen molar-refractivity contribution in [1.82, 2.24) is 9.80 Å². The van der Waals surface area contributed by atoms with Crippen LogP contribution in [0.3, 0.4) is 0 Å². The van der Waals surface area contributed by atoms with E-state index in [2.05, 4.69) is 5.32 Å². The van der Waals surface area contributed by atoms with Crippen molar-refractivity contribution >= 4 is 23.4 Å². The minimum Gasteiger partial charge on any atom is -0.349 e. The summed E-state index contributed by atoms with van der Waals surface area (Å²) in [5, 5.41) is 2.82. The molecule has 6 heteroatoms. The number of benzene rings is 1. The lowest BCUT2D eigenvalue weighted by molar-refractivity contribution is -0.134. The van der Waals surface area contributed by atoms with Gasteiger partial charge < -0.3 is 15.1 Å². The number of nitrogens with zero attached hydrogens (tertiary/aromatic N) is 2. The van der Waals surface area contributed by atoms with Crippen molar-refractivity contribution in [3.05, 3.63) is 29.8 Å². The first-order valence-corrected chi connectivity index (χ1v) is 7.76. The number of carbonyl (C=O) groups is 3. The molecule has 1 N–H and O–H groups in total. The molecule has 0 aromatic heterocycles. The third-order valence-corrected chi connectivity index (χ3v) is 4.11. The Labute approximate surface area is 136 Å². The van der Waals surface area contributed by atoms with Crippen molar-refractivity contribution in [2.75, 3.05) is 32.5 Å². The SMILES string of the molecule is CC(=O)c1ccc(NC(=O)N2CCC(C(=O)N(C)C)CC2)cc1. The molecule has 1 heterocycles. The van der Waals surface area contributed by atoms with E-state index in [9.17, 15) is 14.4 Å². The van der Waals surface area contributed by atoms with Crippen molar-refractivity contribution in [1.29, 1.82) is 0 Å². The average molecular weight is 317 g/mol. The topological polar surface area (TPSA) is 69.7 Å². The Bertz CT molecular complexity index is 588. The van der Waals surface area contributed by atoms with Gasteiger partial charge in [-0.15, -0.1) is 0 Å². The van der Waals surface area contributed by atoms with Crippen molar-refractivity contribution in [2.45, 2.75) is 19.8 Å². The van der Waals surface area contributed by atoms with Crippen molar-refractivity contribution in [3.63, 3.8) is 0 Å². The molecule has 23 heavy (non-hydrogen) atoms. The summed E-state index contributed by atoms with van der Waals surface area (Å²) < 4.78 is 0. The molecule has 1 aliphatic heterocycles. The summed E-state index contributed by atoms with van der Waals surface area (Å²) in [5.41, 5.74) is 1.28. The zero-order chi connectivity index (χ0) is 17.0. The molecule has 1 saturated heterocycles. The Morgan fingerprint density at radius 2 is 1.65 bits per heavy atom. The van der Waals surface area contributed by atoms with Crippen molar-refractivity contribution in [2.24, 2.45) is 5.92 Å². The van der Waals surface area contributed by atoms with E-state index in [0.29, 0.717) is 37.2 Å². The molecule has 0 aliphatic carbocycles. The van der Waals surface area contributed by atoms with Gasteiger partial charge in [-0.05, 0) is 44.0 Å². The van der Waals surface area contributed by atoms with Crippen LogP contribution in [0.1, 0.15) is 30.1 Å². The summed E-state index contributed by atoms with van der Waals surface area (Å²) in [6.07, 6.45) is 1.38. The largest absolute Gasteiger partial charge is 0.349 e. The average Bonchev–Trinajstić information content (AvgIpc) is 2.54. The Balaban J connectivity index is 1.88. The Morgan fingerprint density at radius 1 is 1.09 bits per heavy atom. The maximum Gasteiger partial charge on any atom is 0.321 e. The fourth-order valence-electron chi connectivity index (χ4n) is 2.69. The number of hydrogen-bond donors (Lipinski definition) is 1. The van der Waals surface area contributed by atoms with E-state index in [0.717, 1.165) is 0 Å². The molecule has 0 spiro atoms. The molecule has 6 nitrogen and oxygen atoms in total. The standard InChI is InChI=1S/C17H23N3O3/c1-12(21)13-4-6-15(7-5-13)18-17(23)20-10-8-14(9-11-20)16(22)19(2)3/h4-7,14H,8-11H2,1-3H3,(H,18,23). The first kappa shape index (κ1) is 17.0. The van der Waals surface area contributed by atoms with Gasteiger partial charge in [-0.1, -0.05) is 0 Å². The van der Waals surface area contributed by atoms with Gasteiger partial charge in [-0.2, -0.15) is 0 Å². The van der Waals surface area contributed by atoms with Crippen LogP contribution in [-0.2, 0) is 4.79 Å². The number of anilines is 1. The Kier molecular flexibility index (Phi) is 5.36. The molecule has 0 unspecified atom stereocenters. The van der Waals surface area contributed by atoms with Crippen LogP contribution in [0.5, 0.6) is 0 Å². The van der Waals surface area contributed by atoms with Crippen molar-refractivity contribution < 1.29 is 14.4 Å². The lowest BCUT2D eigenvalue weighted by atomic mass is 9.96. The number of Topliss-reactive ketones (excluding diaryl/α,β-unsaturated/α-hetero) is 1. The predicted octanol–water partition coefficient (Wildman–Crippen LogP) is 2.22. The second-order valence-corrected chi connectivity index (χ2v) is 6.06. The predicted molar refractivity (Wildman–Crippen MR) is 88.5 cm³/mol. The van der Waals surface area contributed by atoms with Crippen LogP contribution in [0.2, 0.25) is 0 Å². The van der Waals surface area contributed by atoms with Crippen LogP contribution in [0, 0.1) is 5.92 Å². The van der Waals surface area contributed by atoms with Crippen LogP contribution in [-0.4, -0.2) is 54.7 Å². The van der Waals surface area contributed by atoms with E-state index < -0.39 is 0 Å². The molecule has 0 saturated carbocycles.